The molecule has 0 aliphatic heterocycles. The van der Waals surface area contributed by atoms with Crippen LogP contribution in [-0.2, 0) is 12.6 Å². The lowest BCUT2D eigenvalue weighted by molar-refractivity contribution is -0.143. The molecule has 0 atom stereocenters. The molecule has 4 aromatic rings. The molecule has 2 aromatic heterocycles. The van der Waals surface area contributed by atoms with Crippen LogP contribution in [0.15, 0.2) is 60.8 Å². The van der Waals surface area contributed by atoms with Gasteiger partial charge < -0.3 is 5.32 Å². The molecular weight excluding hydrogens is 452 g/mol. The first-order chi connectivity index (χ1) is 16.2. The first kappa shape index (κ1) is 23.1. The van der Waals surface area contributed by atoms with Gasteiger partial charge in [-0.25, -0.2) is 13.8 Å². The molecule has 34 heavy (non-hydrogen) atoms. The van der Waals surface area contributed by atoms with E-state index in [2.05, 4.69) is 20.7 Å². The van der Waals surface area contributed by atoms with Crippen LogP contribution in [0.3, 0.4) is 0 Å². The second kappa shape index (κ2) is 9.46. The van der Waals surface area contributed by atoms with Crippen molar-refractivity contribution >= 4 is 5.91 Å². The molecule has 1 N–H and O–H groups in total. The number of hydrogen-bond donors (Lipinski definition) is 1. The van der Waals surface area contributed by atoms with Crippen molar-refractivity contribution in [2.75, 3.05) is 6.54 Å². The van der Waals surface area contributed by atoms with E-state index in [0.717, 1.165) is 41.2 Å². The van der Waals surface area contributed by atoms with Crippen LogP contribution in [0.1, 0.15) is 33.9 Å². The molecule has 1 amide bonds. The van der Waals surface area contributed by atoms with E-state index in [1.807, 2.05) is 43.5 Å². The van der Waals surface area contributed by atoms with E-state index in [4.69, 9.17) is 0 Å². The summed E-state index contributed by atoms with van der Waals surface area (Å²) in [6.07, 6.45) is -1.94. The summed E-state index contributed by atoms with van der Waals surface area (Å²) >= 11 is 0. The van der Waals surface area contributed by atoms with Gasteiger partial charge in [0.25, 0.3) is 5.91 Å². The predicted molar refractivity (Wildman–Crippen MR) is 115 cm³/mol. The minimum Gasteiger partial charge on any atom is -0.351 e. The molecule has 0 aliphatic carbocycles. The Morgan fingerprint density at radius 1 is 1.03 bits per heavy atom. The maximum absolute atomic E-state index is 13.7. The number of carbonyl (C=O) groups excluding carboxylic acids is 1. The van der Waals surface area contributed by atoms with Gasteiger partial charge in [0.1, 0.15) is 5.82 Å². The fourth-order valence-electron chi connectivity index (χ4n) is 3.47. The zero-order valence-corrected chi connectivity index (χ0v) is 18.1. The third-order valence-corrected chi connectivity index (χ3v) is 5.15. The number of benzene rings is 2. The number of halogens is 4. The Labute approximate surface area is 192 Å². The number of nitrogens with one attached hydrogen (secondary N) is 1. The largest absolute Gasteiger partial charge is 0.435 e. The maximum Gasteiger partial charge on any atom is 0.435 e. The molecule has 0 unspecified atom stereocenters. The lowest BCUT2D eigenvalue weighted by Gasteiger charge is -2.11. The Balaban J connectivity index is 1.42. The summed E-state index contributed by atoms with van der Waals surface area (Å²) in [4.78, 5) is 12.5. The van der Waals surface area contributed by atoms with Gasteiger partial charge in [-0.3, -0.25) is 4.79 Å². The van der Waals surface area contributed by atoms with Crippen LogP contribution in [0.2, 0.25) is 0 Å². The number of amides is 1. The van der Waals surface area contributed by atoms with Gasteiger partial charge in [-0.1, -0.05) is 23.4 Å². The number of nitrogens with zero attached hydrogens (tertiary/aromatic N) is 5. The number of aryl methyl sites for hydroxylation is 2. The van der Waals surface area contributed by atoms with Crippen molar-refractivity contribution in [3.8, 4) is 11.4 Å². The van der Waals surface area contributed by atoms with Crippen molar-refractivity contribution in [2.45, 2.75) is 25.9 Å². The molecule has 0 saturated carbocycles. The van der Waals surface area contributed by atoms with Crippen LogP contribution in [0.5, 0.6) is 0 Å². The minimum absolute atomic E-state index is 0.0637. The van der Waals surface area contributed by atoms with Crippen molar-refractivity contribution in [3.05, 3.63) is 89.3 Å². The van der Waals surface area contributed by atoms with Gasteiger partial charge in [0.2, 0.25) is 0 Å². The molecule has 0 aliphatic rings. The topological polar surface area (TPSA) is 77.6 Å². The molecule has 0 saturated heterocycles. The van der Waals surface area contributed by atoms with E-state index in [9.17, 15) is 22.4 Å². The van der Waals surface area contributed by atoms with E-state index < -0.39 is 29.3 Å². The van der Waals surface area contributed by atoms with E-state index >= 15 is 0 Å². The fraction of sp³-hybridized carbons (Fsp3) is 0.217. The molecule has 0 radical (unpaired) electrons. The van der Waals surface area contributed by atoms with Crippen molar-refractivity contribution in [1.29, 1.82) is 0 Å². The van der Waals surface area contributed by atoms with Gasteiger partial charge in [-0.2, -0.15) is 18.3 Å². The number of alkyl halides is 3. The number of rotatable bonds is 7. The van der Waals surface area contributed by atoms with Gasteiger partial charge in [0.15, 0.2) is 11.4 Å². The van der Waals surface area contributed by atoms with Crippen molar-refractivity contribution in [2.24, 2.45) is 0 Å². The summed E-state index contributed by atoms with van der Waals surface area (Å²) in [7, 11) is 0. The first-order valence-electron chi connectivity index (χ1n) is 10.4. The fourth-order valence-corrected chi connectivity index (χ4v) is 3.47. The summed E-state index contributed by atoms with van der Waals surface area (Å²) in [5.41, 5.74) is 0.481. The lowest BCUT2D eigenvalue weighted by Crippen LogP contribution is -2.28. The Morgan fingerprint density at radius 2 is 1.74 bits per heavy atom. The highest BCUT2D eigenvalue weighted by molar-refractivity contribution is 5.93. The normalized spacial score (nSPS) is 11.6. The van der Waals surface area contributed by atoms with E-state index in [0.29, 0.717) is 17.5 Å². The first-order valence-corrected chi connectivity index (χ1v) is 10.4. The van der Waals surface area contributed by atoms with Gasteiger partial charge in [0.05, 0.1) is 17.1 Å². The summed E-state index contributed by atoms with van der Waals surface area (Å²) in [6.45, 7) is 2.01. The third kappa shape index (κ3) is 4.98. The molecule has 4 rings (SSSR count). The lowest BCUT2D eigenvalue weighted by atomic mass is 10.1. The molecule has 176 valence electrons. The van der Waals surface area contributed by atoms with Gasteiger partial charge in [-0.15, -0.1) is 5.10 Å². The average Bonchev–Trinajstić information content (AvgIpc) is 3.42. The Kier molecular flexibility index (Phi) is 6.44. The van der Waals surface area contributed by atoms with Gasteiger partial charge >= 0.3 is 6.18 Å². The number of para-hydroxylation sites is 1. The Bertz CT molecular complexity index is 1280. The molecule has 0 spiro atoms. The van der Waals surface area contributed by atoms with Crippen molar-refractivity contribution in [3.63, 3.8) is 0 Å². The summed E-state index contributed by atoms with van der Waals surface area (Å²) < 4.78 is 56.5. The van der Waals surface area contributed by atoms with Crippen molar-refractivity contribution < 1.29 is 22.4 Å². The Hall–Kier alpha value is -4.02. The standard InChI is InChI=1S/C23H20F4N6O/c1-15-16(14-32(30-15)18-7-3-2-4-8-18)6-5-13-28-22(34)20-21(23(25,26)27)33(31-29-20)19-11-9-17(24)10-12-19/h2-4,7-12,14H,5-6,13H2,1H3,(H,28,34). The quantitative estimate of drug-likeness (QED) is 0.322. The smallest absolute Gasteiger partial charge is 0.351 e. The van der Waals surface area contributed by atoms with E-state index in [1.54, 1.807) is 4.68 Å². The molecule has 2 heterocycles. The molecule has 2 aromatic carbocycles. The van der Waals surface area contributed by atoms with Crippen LogP contribution in [0.25, 0.3) is 11.4 Å². The predicted octanol–water partition coefficient (Wildman–Crippen LogP) is 4.28. The SMILES string of the molecule is Cc1nn(-c2ccccc2)cc1CCCNC(=O)c1nnn(-c2ccc(F)cc2)c1C(F)(F)F. The highest BCUT2D eigenvalue weighted by Crippen LogP contribution is 2.32. The molecule has 7 nitrogen and oxygen atoms in total. The molecule has 11 heteroatoms. The zero-order chi connectivity index (χ0) is 24.3. The van der Waals surface area contributed by atoms with Gasteiger partial charge in [-0.05, 0) is 61.7 Å². The average molecular weight is 472 g/mol. The molecular formula is C23H20F4N6O. The third-order valence-electron chi connectivity index (χ3n) is 5.15. The molecule has 0 fully saturated rings. The second-order valence-corrected chi connectivity index (χ2v) is 7.55. The number of hydrogen-bond acceptors (Lipinski definition) is 4. The molecule has 0 bridgehead atoms. The van der Waals surface area contributed by atoms with Crippen LogP contribution in [0.4, 0.5) is 17.6 Å². The highest BCUT2D eigenvalue weighted by Gasteiger charge is 2.42. The summed E-state index contributed by atoms with van der Waals surface area (Å²) in [6, 6.07) is 13.8. The zero-order valence-electron chi connectivity index (χ0n) is 18.1. The van der Waals surface area contributed by atoms with E-state index in [1.165, 1.54) is 0 Å². The van der Waals surface area contributed by atoms with Crippen LogP contribution in [0, 0.1) is 12.7 Å². The number of carbonyl (C=O) groups is 1. The van der Waals surface area contributed by atoms with E-state index in [-0.39, 0.29) is 12.2 Å². The second-order valence-electron chi connectivity index (χ2n) is 7.55. The summed E-state index contributed by atoms with van der Waals surface area (Å²) in [5, 5.41) is 13.9. The number of aromatic nitrogens is 5. The van der Waals surface area contributed by atoms with Crippen molar-refractivity contribution in [1.82, 2.24) is 30.1 Å². The maximum atomic E-state index is 13.7. The van der Waals surface area contributed by atoms with Gasteiger partial charge in [0, 0.05) is 12.7 Å². The summed E-state index contributed by atoms with van der Waals surface area (Å²) in [5.74, 6) is -1.60. The minimum atomic E-state index is -4.90. The van der Waals surface area contributed by atoms with Crippen LogP contribution < -0.4 is 5.32 Å². The monoisotopic (exact) mass is 472 g/mol. The van der Waals surface area contributed by atoms with Crippen LogP contribution >= 0.6 is 0 Å². The highest BCUT2D eigenvalue weighted by atomic mass is 19.4. The Morgan fingerprint density at radius 3 is 2.41 bits per heavy atom. The van der Waals surface area contributed by atoms with Crippen LogP contribution in [-0.4, -0.2) is 37.2 Å².